The minimum atomic E-state index is 0.0439. The van der Waals surface area contributed by atoms with E-state index in [0.29, 0.717) is 0 Å². The Labute approximate surface area is 113 Å². The molecule has 96 valence electrons. The van der Waals surface area contributed by atoms with Crippen LogP contribution in [0.3, 0.4) is 0 Å². The molecular weight excluding hydrogens is 242 g/mol. The Balaban J connectivity index is 2.90. The van der Waals surface area contributed by atoms with E-state index in [2.05, 4.69) is 18.4 Å². The lowest BCUT2D eigenvalue weighted by Crippen LogP contribution is -2.21. The molecule has 0 spiro atoms. The standard InChI is InChI=1S/C15H19NOS/c1-4-11-16(5-2)15(18-3)12-14(17)13-9-7-6-8-10-13/h4,6-10,12H,1,5,11H2,2-3H3/b15-12-. The van der Waals surface area contributed by atoms with E-state index in [1.54, 1.807) is 17.8 Å². The Morgan fingerprint density at radius 1 is 1.39 bits per heavy atom. The first kappa shape index (κ1) is 14.6. The summed E-state index contributed by atoms with van der Waals surface area (Å²) in [6.45, 7) is 7.43. The Morgan fingerprint density at radius 2 is 2.06 bits per heavy atom. The van der Waals surface area contributed by atoms with E-state index in [9.17, 15) is 4.79 Å². The summed E-state index contributed by atoms with van der Waals surface area (Å²) in [5.41, 5.74) is 0.721. The van der Waals surface area contributed by atoms with Crippen molar-refractivity contribution in [2.24, 2.45) is 0 Å². The molecule has 0 saturated carbocycles. The van der Waals surface area contributed by atoms with E-state index >= 15 is 0 Å². The Bertz CT molecular complexity index is 425. The molecule has 0 N–H and O–H groups in total. The highest BCUT2D eigenvalue weighted by molar-refractivity contribution is 8.02. The highest BCUT2D eigenvalue weighted by Crippen LogP contribution is 2.18. The number of thioether (sulfide) groups is 1. The van der Waals surface area contributed by atoms with Crippen molar-refractivity contribution in [2.75, 3.05) is 19.3 Å². The van der Waals surface area contributed by atoms with Gasteiger partial charge in [-0.3, -0.25) is 4.79 Å². The van der Waals surface area contributed by atoms with Crippen LogP contribution in [-0.2, 0) is 0 Å². The molecule has 0 atom stereocenters. The molecule has 0 saturated heterocycles. The predicted octanol–water partition coefficient (Wildman–Crippen LogP) is 3.58. The van der Waals surface area contributed by atoms with Gasteiger partial charge in [0, 0.05) is 24.7 Å². The number of likely N-dealkylation sites (N-methyl/N-ethyl adjacent to an activating group) is 1. The number of allylic oxidation sites excluding steroid dienone is 1. The molecule has 0 bridgehead atoms. The molecular formula is C15H19NOS. The van der Waals surface area contributed by atoms with Crippen molar-refractivity contribution in [3.05, 3.63) is 59.7 Å². The van der Waals surface area contributed by atoms with Gasteiger partial charge in [-0.25, -0.2) is 0 Å². The number of benzene rings is 1. The maximum Gasteiger partial charge on any atom is 0.188 e. The molecule has 0 aliphatic rings. The fraction of sp³-hybridized carbons (Fsp3) is 0.267. The fourth-order valence-corrected chi connectivity index (χ4v) is 2.29. The summed E-state index contributed by atoms with van der Waals surface area (Å²) in [5.74, 6) is 0.0439. The van der Waals surface area contributed by atoms with E-state index in [0.717, 1.165) is 23.7 Å². The van der Waals surface area contributed by atoms with Gasteiger partial charge < -0.3 is 4.90 Å². The van der Waals surface area contributed by atoms with Gasteiger partial charge in [0.15, 0.2) is 5.78 Å². The first-order valence-electron chi connectivity index (χ1n) is 5.93. The molecule has 0 aromatic heterocycles. The van der Waals surface area contributed by atoms with Crippen LogP contribution in [0.5, 0.6) is 0 Å². The van der Waals surface area contributed by atoms with Crippen molar-refractivity contribution in [3.63, 3.8) is 0 Å². The average Bonchev–Trinajstić information content (AvgIpc) is 2.43. The molecule has 0 fully saturated rings. The third-order valence-electron chi connectivity index (χ3n) is 2.56. The third-order valence-corrected chi connectivity index (χ3v) is 3.36. The summed E-state index contributed by atoms with van der Waals surface area (Å²) in [7, 11) is 0. The van der Waals surface area contributed by atoms with Crippen molar-refractivity contribution < 1.29 is 4.79 Å². The summed E-state index contributed by atoms with van der Waals surface area (Å²) in [6.07, 6.45) is 5.53. The Kier molecular flexibility index (Phi) is 6.29. The van der Waals surface area contributed by atoms with Crippen LogP contribution in [0.1, 0.15) is 17.3 Å². The SMILES string of the molecule is C=CCN(CC)/C(=C/C(=O)c1ccccc1)SC. The van der Waals surface area contributed by atoms with Crippen LogP contribution < -0.4 is 0 Å². The molecule has 0 unspecified atom stereocenters. The van der Waals surface area contributed by atoms with Gasteiger partial charge in [-0.2, -0.15) is 0 Å². The number of nitrogens with zero attached hydrogens (tertiary/aromatic N) is 1. The zero-order chi connectivity index (χ0) is 13.4. The van der Waals surface area contributed by atoms with Crippen LogP contribution in [0.15, 0.2) is 54.1 Å². The molecule has 0 radical (unpaired) electrons. The van der Waals surface area contributed by atoms with Crippen molar-refractivity contribution in [1.29, 1.82) is 0 Å². The predicted molar refractivity (Wildman–Crippen MR) is 79.8 cm³/mol. The maximum absolute atomic E-state index is 12.1. The first-order chi connectivity index (χ1) is 8.72. The van der Waals surface area contributed by atoms with Gasteiger partial charge in [-0.15, -0.1) is 18.3 Å². The molecule has 1 rings (SSSR count). The highest BCUT2D eigenvalue weighted by atomic mass is 32.2. The molecule has 18 heavy (non-hydrogen) atoms. The van der Waals surface area contributed by atoms with Crippen LogP contribution in [-0.4, -0.2) is 30.0 Å². The summed E-state index contributed by atoms with van der Waals surface area (Å²) in [4.78, 5) is 14.2. The number of carbonyl (C=O) groups excluding carboxylic acids is 1. The Hall–Kier alpha value is -1.48. The average molecular weight is 261 g/mol. The Morgan fingerprint density at radius 3 is 2.56 bits per heavy atom. The van der Waals surface area contributed by atoms with Crippen LogP contribution in [0.4, 0.5) is 0 Å². The smallest absolute Gasteiger partial charge is 0.188 e. The second kappa shape index (κ2) is 7.77. The lowest BCUT2D eigenvalue weighted by atomic mass is 10.1. The summed E-state index contributed by atoms with van der Waals surface area (Å²) in [6, 6.07) is 9.33. The van der Waals surface area contributed by atoms with E-state index in [1.165, 1.54) is 0 Å². The van der Waals surface area contributed by atoms with Crippen molar-refractivity contribution in [3.8, 4) is 0 Å². The highest BCUT2D eigenvalue weighted by Gasteiger charge is 2.08. The minimum absolute atomic E-state index is 0.0439. The fourth-order valence-electron chi connectivity index (χ4n) is 1.61. The molecule has 1 aromatic carbocycles. The lowest BCUT2D eigenvalue weighted by Gasteiger charge is -2.22. The quantitative estimate of drug-likeness (QED) is 0.425. The van der Waals surface area contributed by atoms with E-state index in [-0.39, 0.29) is 5.78 Å². The third kappa shape index (κ3) is 4.08. The summed E-state index contributed by atoms with van der Waals surface area (Å²) in [5, 5.41) is 0.978. The van der Waals surface area contributed by atoms with Gasteiger partial charge >= 0.3 is 0 Å². The molecule has 0 aliphatic heterocycles. The van der Waals surface area contributed by atoms with Gasteiger partial charge in [-0.1, -0.05) is 36.4 Å². The molecule has 0 heterocycles. The molecule has 0 aliphatic carbocycles. The first-order valence-corrected chi connectivity index (χ1v) is 7.16. The zero-order valence-electron chi connectivity index (χ0n) is 10.9. The monoisotopic (exact) mass is 261 g/mol. The number of hydrogen-bond donors (Lipinski definition) is 0. The molecule has 1 aromatic rings. The minimum Gasteiger partial charge on any atom is -0.363 e. The largest absolute Gasteiger partial charge is 0.363 e. The number of carbonyl (C=O) groups is 1. The molecule has 0 amide bonds. The summed E-state index contributed by atoms with van der Waals surface area (Å²) < 4.78 is 0. The lowest BCUT2D eigenvalue weighted by molar-refractivity contribution is 0.104. The van der Waals surface area contributed by atoms with Crippen molar-refractivity contribution >= 4 is 17.5 Å². The van der Waals surface area contributed by atoms with Gasteiger partial charge in [0.25, 0.3) is 0 Å². The second-order valence-corrected chi connectivity index (χ2v) is 4.57. The van der Waals surface area contributed by atoms with Crippen LogP contribution in [0.25, 0.3) is 0 Å². The normalized spacial score (nSPS) is 11.1. The van der Waals surface area contributed by atoms with Crippen LogP contribution in [0, 0.1) is 0 Å². The number of ketones is 1. The van der Waals surface area contributed by atoms with Crippen molar-refractivity contribution in [2.45, 2.75) is 6.92 Å². The van der Waals surface area contributed by atoms with Crippen LogP contribution in [0.2, 0.25) is 0 Å². The molecule has 3 heteroatoms. The van der Waals surface area contributed by atoms with E-state index in [4.69, 9.17) is 0 Å². The van der Waals surface area contributed by atoms with Crippen molar-refractivity contribution in [1.82, 2.24) is 4.90 Å². The molecule has 2 nitrogen and oxygen atoms in total. The van der Waals surface area contributed by atoms with Crippen LogP contribution >= 0.6 is 11.8 Å². The van der Waals surface area contributed by atoms with Gasteiger partial charge in [0.1, 0.15) is 0 Å². The maximum atomic E-state index is 12.1. The second-order valence-electron chi connectivity index (χ2n) is 3.74. The zero-order valence-corrected chi connectivity index (χ0v) is 11.7. The van der Waals surface area contributed by atoms with Gasteiger partial charge in [0.2, 0.25) is 0 Å². The van der Waals surface area contributed by atoms with Gasteiger partial charge in [-0.05, 0) is 13.2 Å². The van der Waals surface area contributed by atoms with E-state index in [1.807, 2.05) is 42.7 Å². The summed E-state index contributed by atoms with van der Waals surface area (Å²) >= 11 is 1.58. The number of hydrogen-bond acceptors (Lipinski definition) is 3. The topological polar surface area (TPSA) is 20.3 Å². The number of rotatable bonds is 7. The van der Waals surface area contributed by atoms with E-state index < -0.39 is 0 Å². The van der Waals surface area contributed by atoms with Gasteiger partial charge in [0.05, 0.1) is 5.03 Å².